The first-order valence-corrected chi connectivity index (χ1v) is 4.09. The smallest absolute Gasteiger partial charge is 0.236 e. The van der Waals surface area contributed by atoms with Crippen LogP contribution < -0.4 is 5.73 Å². The summed E-state index contributed by atoms with van der Waals surface area (Å²) >= 11 is 1.34. The van der Waals surface area contributed by atoms with Crippen LogP contribution in [0.3, 0.4) is 0 Å². The van der Waals surface area contributed by atoms with E-state index < -0.39 is 0 Å². The van der Waals surface area contributed by atoms with Crippen LogP contribution in [0.15, 0.2) is 0 Å². The molecule has 2 aromatic rings. The standard InChI is InChI=1S/C5H7N5S/c1-2-3-7-8-5-10(3)9-4(6)11-5/h2H2,1H3,(H2,6,9). The van der Waals surface area contributed by atoms with Crippen molar-refractivity contribution in [3.63, 3.8) is 0 Å². The molecule has 0 aliphatic rings. The Bertz CT molecular complexity index is 375. The third kappa shape index (κ3) is 0.864. The second-order valence-electron chi connectivity index (χ2n) is 2.10. The van der Waals surface area contributed by atoms with Crippen molar-refractivity contribution in [2.75, 3.05) is 5.73 Å². The maximum Gasteiger partial charge on any atom is 0.236 e. The van der Waals surface area contributed by atoms with Gasteiger partial charge in [-0.1, -0.05) is 18.3 Å². The molecule has 0 aliphatic carbocycles. The summed E-state index contributed by atoms with van der Waals surface area (Å²) in [5, 5.41) is 12.4. The number of hydrogen-bond acceptors (Lipinski definition) is 5. The number of anilines is 1. The van der Waals surface area contributed by atoms with Gasteiger partial charge in [0.2, 0.25) is 10.1 Å². The lowest BCUT2D eigenvalue weighted by Gasteiger charge is -1.85. The van der Waals surface area contributed by atoms with Gasteiger partial charge in [-0.05, 0) is 0 Å². The van der Waals surface area contributed by atoms with Gasteiger partial charge in [-0.2, -0.15) is 4.52 Å². The van der Waals surface area contributed by atoms with E-state index in [0.717, 1.165) is 17.2 Å². The van der Waals surface area contributed by atoms with Gasteiger partial charge in [0.15, 0.2) is 5.82 Å². The van der Waals surface area contributed by atoms with Crippen molar-refractivity contribution >= 4 is 21.4 Å². The minimum atomic E-state index is 0.532. The topological polar surface area (TPSA) is 69.1 Å². The summed E-state index contributed by atoms with van der Waals surface area (Å²) in [5.74, 6) is 0.855. The van der Waals surface area contributed by atoms with Crippen molar-refractivity contribution in [1.82, 2.24) is 19.8 Å². The summed E-state index contributed by atoms with van der Waals surface area (Å²) in [5.41, 5.74) is 5.48. The average molecular weight is 169 g/mol. The lowest BCUT2D eigenvalue weighted by molar-refractivity contribution is 0.839. The van der Waals surface area contributed by atoms with E-state index in [-0.39, 0.29) is 0 Å². The van der Waals surface area contributed by atoms with Crippen LogP contribution in [0, 0.1) is 0 Å². The van der Waals surface area contributed by atoms with Gasteiger partial charge in [-0.3, -0.25) is 0 Å². The fourth-order valence-electron chi connectivity index (χ4n) is 0.893. The summed E-state index contributed by atoms with van der Waals surface area (Å²) < 4.78 is 1.68. The molecule has 0 atom stereocenters. The Morgan fingerprint density at radius 3 is 3.09 bits per heavy atom. The summed E-state index contributed by atoms with van der Waals surface area (Å²) in [4.78, 5) is 0.763. The Labute approximate surface area is 66.9 Å². The summed E-state index contributed by atoms with van der Waals surface area (Å²) in [7, 11) is 0. The highest BCUT2D eigenvalue weighted by atomic mass is 32.1. The normalized spacial score (nSPS) is 11.0. The van der Waals surface area contributed by atoms with Crippen molar-refractivity contribution in [3.8, 4) is 0 Å². The van der Waals surface area contributed by atoms with E-state index in [1.54, 1.807) is 4.52 Å². The average Bonchev–Trinajstić information content (AvgIpc) is 2.45. The zero-order valence-electron chi connectivity index (χ0n) is 5.98. The molecule has 5 nitrogen and oxygen atoms in total. The Balaban J connectivity index is 2.73. The van der Waals surface area contributed by atoms with Gasteiger partial charge in [0.05, 0.1) is 0 Å². The Kier molecular flexibility index (Phi) is 1.28. The number of aromatic nitrogens is 4. The third-order valence-corrected chi connectivity index (χ3v) is 2.12. The number of nitrogens with two attached hydrogens (primary N) is 1. The van der Waals surface area contributed by atoms with Gasteiger partial charge in [-0.15, -0.1) is 15.3 Å². The van der Waals surface area contributed by atoms with E-state index in [1.165, 1.54) is 11.3 Å². The zero-order chi connectivity index (χ0) is 7.84. The quantitative estimate of drug-likeness (QED) is 0.668. The Hall–Kier alpha value is -1.17. The number of aryl methyl sites for hydroxylation is 1. The minimum absolute atomic E-state index is 0.532. The first-order valence-electron chi connectivity index (χ1n) is 3.28. The van der Waals surface area contributed by atoms with Crippen LogP contribution in [0.4, 0.5) is 5.13 Å². The summed E-state index contributed by atoms with van der Waals surface area (Å²) in [6.45, 7) is 2.01. The van der Waals surface area contributed by atoms with Crippen molar-refractivity contribution in [2.45, 2.75) is 13.3 Å². The molecule has 0 bridgehead atoms. The molecular formula is C5H7N5S. The van der Waals surface area contributed by atoms with Gasteiger partial charge in [0.1, 0.15) is 0 Å². The Morgan fingerprint density at radius 1 is 1.55 bits per heavy atom. The lowest BCUT2D eigenvalue weighted by atomic mass is 10.5. The van der Waals surface area contributed by atoms with Crippen LogP contribution >= 0.6 is 11.3 Å². The molecule has 2 rings (SSSR count). The maximum absolute atomic E-state index is 5.48. The molecule has 0 saturated carbocycles. The van der Waals surface area contributed by atoms with E-state index in [2.05, 4.69) is 15.3 Å². The molecule has 58 valence electrons. The van der Waals surface area contributed by atoms with Crippen LogP contribution in [0.2, 0.25) is 0 Å². The molecule has 0 aromatic carbocycles. The SMILES string of the molecule is CCc1nnc2sc(N)nn12. The minimum Gasteiger partial charge on any atom is -0.374 e. The highest BCUT2D eigenvalue weighted by Gasteiger charge is 2.06. The molecule has 2 heterocycles. The van der Waals surface area contributed by atoms with E-state index in [1.807, 2.05) is 6.92 Å². The largest absolute Gasteiger partial charge is 0.374 e. The van der Waals surface area contributed by atoms with Gasteiger partial charge < -0.3 is 5.73 Å². The molecule has 2 aromatic heterocycles. The predicted molar refractivity (Wildman–Crippen MR) is 42.4 cm³/mol. The number of nitrogens with zero attached hydrogens (tertiary/aromatic N) is 4. The summed E-state index contributed by atoms with van der Waals surface area (Å²) in [6.07, 6.45) is 0.824. The molecule has 11 heavy (non-hydrogen) atoms. The van der Waals surface area contributed by atoms with E-state index in [4.69, 9.17) is 5.73 Å². The zero-order valence-corrected chi connectivity index (χ0v) is 6.80. The second kappa shape index (κ2) is 2.16. The highest BCUT2D eigenvalue weighted by Crippen LogP contribution is 2.14. The third-order valence-electron chi connectivity index (χ3n) is 1.39. The van der Waals surface area contributed by atoms with Gasteiger partial charge in [-0.25, -0.2) is 0 Å². The molecule has 6 heteroatoms. The van der Waals surface area contributed by atoms with Crippen molar-refractivity contribution < 1.29 is 0 Å². The van der Waals surface area contributed by atoms with Crippen molar-refractivity contribution in [1.29, 1.82) is 0 Å². The molecule has 0 radical (unpaired) electrons. The molecule has 0 saturated heterocycles. The molecule has 0 spiro atoms. The van der Waals surface area contributed by atoms with Crippen LogP contribution in [-0.2, 0) is 6.42 Å². The predicted octanol–water partition coefficient (Wildman–Crippen LogP) is 0.330. The van der Waals surface area contributed by atoms with Crippen LogP contribution in [0.25, 0.3) is 4.96 Å². The number of fused-ring (bicyclic) bond motifs is 1. The molecule has 0 fully saturated rings. The van der Waals surface area contributed by atoms with Gasteiger partial charge >= 0.3 is 0 Å². The Morgan fingerprint density at radius 2 is 2.36 bits per heavy atom. The highest BCUT2D eigenvalue weighted by molar-refractivity contribution is 7.20. The van der Waals surface area contributed by atoms with Gasteiger partial charge in [0.25, 0.3) is 0 Å². The number of nitrogen functional groups attached to an aromatic ring is 1. The number of hydrogen-bond donors (Lipinski definition) is 1. The first-order chi connectivity index (χ1) is 5.31. The molecular weight excluding hydrogens is 162 g/mol. The van der Waals surface area contributed by atoms with Gasteiger partial charge in [0, 0.05) is 6.42 Å². The fraction of sp³-hybridized carbons (Fsp3) is 0.400. The van der Waals surface area contributed by atoms with E-state index in [9.17, 15) is 0 Å². The molecule has 0 amide bonds. The summed E-state index contributed by atoms with van der Waals surface area (Å²) in [6, 6.07) is 0. The van der Waals surface area contributed by atoms with Crippen LogP contribution in [-0.4, -0.2) is 19.8 Å². The van der Waals surface area contributed by atoms with Crippen LogP contribution in [0.1, 0.15) is 12.7 Å². The van der Waals surface area contributed by atoms with E-state index >= 15 is 0 Å². The molecule has 2 N–H and O–H groups in total. The molecule has 0 aliphatic heterocycles. The molecule has 0 unspecified atom stereocenters. The van der Waals surface area contributed by atoms with Crippen molar-refractivity contribution in [2.24, 2.45) is 0 Å². The maximum atomic E-state index is 5.48. The monoisotopic (exact) mass is 169 g/mol. The lowest BCUT2D eigenvalue weighted by Crippen LogP contribution is -1.94. The number of rotatable bonds is 1. The van der Waals surface area contributed by atoms with E-state index in [0.29, 0.717) is 5.13 Å². The van der Waals surface area contributed by atoms with Crippen molar-refractivity contribution in [3.05, 3.63) is 5.82 Å². The van der Waals surface area contributed by atoms with Crippen LogP contribution in [0.5, 0.6) is 0 Å². The second-order valence-corrected chi connectivity index (χ2v) is 3.09. The first kappa shape index (κ1) is 6.53. The fourth-order valence-corrected chi connectivity index (χ4v) is 1.52.